The summed E-state index contributed by atoms with van der Waals surface area (Å²) in [6.45, 7) is 5.67. The number of hydrogen-bond donors (Lipinski definition) is 1. The van der Waals surface area contributed by atoms with Crippen molar-refractivity contribution in [2.24, 2.45) is 11.7 Å². The molecule has 0 aromatic rings. The van der Waals surface area contributed by atoms with Crippen LogP contribution in [0.1, 0.15) is 32.6 Å². The van der Waals surface area contributed by atoms with Crippen LogP contribution in [-0.4, -0.2) is 30.6 Å². The van der Waals surface area contributed by atoms with Gasteiger partial charge < -0.3 is 10.6 Å². The molecule has 0 radical (unpaired) electrons. The molecule has 0 saturated carbocycles. The number of likely N-dealkylation sites (tertiary alicyclic amines) is 1. The van der Waals surface area contributed by atoms with Crippen molar-refractivity contribution in [1.82, 2.24) is 4.90 Å². The van der Waals surface area contributed by atoms with Crippen LogP contribution >= 0.6 is 0 Å². The molecule has 0 bridgehead atoms. The Kier molecular flexibility index (Phi) is 4.92. The fraction of sp³-hybridized carbons (Fsp3) is 0.909. The minimum atomic E-state index is -0.282. The molecule has 1 aliphatic rings. The molecule has 0 aliphatic carbocycles. The van der Waals surface area contributed by atoms with Crippen molar-refractivity contribution in [3.63, 3.8) is 0 Å². The number of hydrogen-bond acceptors (Lipinski definition) is 3. The lowest BCUT2D eigenvalue weighted by atomic mass is 10.0. The summed E-state index contributed by atoms with van der Waals surface area (Å²) in [7, 11) is 0. The van der Waals surface area contributed by atoms with E-state index in [1.54, 1.807) is 0 Å². The summed E-state index contributed by atoms with van der Waals surface area (Å²) in [4.78, 5) is 2.45. The lowest BCUT2D eigenvalue weighted by Crippen LogP contribution is -2.30. The largest absolute Gasteiger partial charge is 0.316 e. The topological polar surface area (TPSA) is 53.0 Å². The van der Waals surface area contributed by atoms with Crippen LogP contribution in [0.25, 0.3) is 0 Å². The molecule has 0 aromatic carbocycles. The zero-order valence-electron chi connectivity index (χ0n) is 9.08. The van der Waals surface area contributed by atoms with Gasteiger partial charge in [0.2, 0.25) is 0 Å². The SMILES string of the molecule is CC1CCCN(CCC(N)C#N)CC1. The average molecular weight is 195 g/mol. The predicted octanol–water partition coefficient (Wildman–Crippen LogP) is 1.35. The van der Waals surface area contributed by atoms with Crippen molar-refractivity contribution in [2.45, 2.75) is 38.6 Å². The first-order valence-electron chi connectivity index (χ1n) is 5.60. The maximum atomic E-state index is 8.57. The second-order valence-electron chi connectivity index (χ2n) is 4.40. The molecule has 3 nitrogen and oxygen atoms in total. The summed E-state index contributed by atoms with van der Waals surface area (Å²) in [5, 5.41) is 8.57. The molecule has 80 valence electrons. The van der Waals surface area contributed by atoms with E-state index in [-0.39, 0.29) is 6.04 Å². The molecule has 1 rings (SSSR count). The monoisotopic (exact) mass is 195 g/mol. The standard InChI is InChI=1S/C11H21N3/c1-10-3-2-6-14(7-4-10)8-5-11(13)9-12/h10-11H,2-8,13H2,1H3. The lowest BCUT2D eigenvalue weighted by Gasteiger charge is -2.20. The molecular weight excluding hydrogens is 174 g/mol. The highest BCUT2D eigenvalue weighted by Crippen LogP contribution is 2.16. The van der Waals surface area contributed by atoms with E-state index < -0.39 is 0 Å². The average Bonchev–Trinajstić information content (AvgIpc) is 2.39. The maximum absolute atomic E-state index is 8.57. The molecule has 1 saturated heterocycles. The molecule has 1 heterocycles. The highest BCUT2D eigenvalue weighted by Gasteiger charge is 2.13. The summed E-state index contributed by atoms with van der Waals surface area (Å²) >= 11 is 0. The Morgan fingerprint density at radius 3 is 3.00 bits per heavy atom. The van der Waals surface area contributed by atoms with Crippen molar-refractivity contribution in [3.8, 4) is 6.07 Å². The normalized spacial score (nSPS) is 26.5. The Morgan fingerprint density at radius 2 is 2.29 bits per heavy atom. The molecule has 2 atom stereocenters. The van der Waals surface area contributed by atoms with Gasteiger partial charge in [-0.05, 0) is 44.7 Å². The fourth-order valence-electron chi connectivity index (χ4n) is 1.93. The van der Waals surface area contributed by atoms with Crippen molar-refractivity contribution in [3.05, 3.63) is 0 Å². The Labute approximate surface area is 86.9 Å². The maximum Gasteiger partial charge on any atom is 0.0940 e. The molecule has 14 heavy (non-hydrogen) atoms. The number of nitriles is 1. The number of nitrogens with two attached hydrogens (primary N) is 1. The molecule has 2 unspecified atom stereocenters. The van der Waals surface area contributed by atoms with Crippen LogP contribution in [0.3, 0.4) is 0 Å². The van der Waals surface area contributed by atoms with Crippen LogP contribution in [0.2, 0.25) is 0 Å². The quantitative estimate of drug-likeness (QED) is 0.739. The van der Waals surface area contributed by atoms with E-state index in [0.717, 1.165) is 18.9 Å². The van der Waals surface area contributed by atoms with Crippen molar-refractivity contribution >= 4 is 0 Å². The van der Waals surface area contributed by atoms with Gasteiger partial charge in [0.15, 0.2) is 0 Å². The van der Waals surface area contributed by atoms with Crippen LogP contribution in [0.5, 0.6) is 0 Å². The van der Waals surface area contributed by atoms with Crippen LogP contribution in [-0.2, 0) is 0 Å². The van der Waals surface area contributed by atoms with Gasteiger partial charge in [-0.2, -0.15) is 5.26 Å². The summed E-state index contributed by atoms with van der Waals surface area (Å²) in [6.07, 6.45) is 4.75. The van der Waals surface area contributed by atoms with Gasteiger partial charge in [-0.1, -0.05) is 6.92 Å². The zero-order chi connectivity index (χ0) is 10.4. The summed E-state index contributed by atoms with van der Waals surface area (Å²) in [6, 6.07) is 1.80. The van der Waals surface area contributed by atoms with Crippen LogP contribution < -0.4 is 5.73 Å². The molecule has 0 spiro atoms. The van der Waals surface area contributed by atoms with Crippen LogP contribution in [0.4, 0.5) is 0 Å². The number of rotatable bonds is 3. The molecule has 1 aliphatic heterocycles. The van der Waals surface area contributed by atoms with E-state index in [4.69, 9.17) is 11.0 Å². The summed E-state index contributed by atoms with van der Waals surface area (Å²) < 4.78 is 0. The third-order valence-electron chi connectivity index (χ3n) is 3.03. The molecule has 3 heteroatoms. The van der Waals surface area contributed by atoms with E-state index in [1.807, 2.05) is 0 Å². The molecular formula is C11H21N3. The third kappa shape index (κ3) is 4.08. The first-order valence-corrected chi connectivity index (χ1v) is 5.60. The minimum Gasteiger partial charge on any atom is -0.316 e. The van der Waals surface area contributed by atoms with Crippen molar-refractivity contribution in [1.29, 1.82) is 5.26 Å². The van der Waals surface area contributed by atoms with Gasteiger partial charge in [-0.25, -0.2) is 0 Å². The van der Waals surface area contributed by atoms with Gasteiger partial charge in [0, 0.05) is 6.54 Å². The van der Waals surface area contributed by atoms with Gasteiger partial charge in [0.1, 0.15) is 0 Å². The summed E-state index contributed by atoms with van der Waals surface area (Å²) in [5.41, 5.74) is 5.57. The minimum absolute atomic E-state index is 0.282. The molecule has 0 amide bonds. The Balaban J connectivity index is 2.21. The predicted molar refractivity (Wildman–Crippen MR) is 57.7 cm³/mol. The summed E-state index contributed by atoms with van der Waals surface area (Å²) in [5.74, 6) is 0.865. The second-order valence-corrected chi connectivity index (χ2v) is 4.40. The highest BCUT2D eigenvalue weighted by molar-refractivity contribution is 4.87. The van der Waals surface area contributed by atoms with E-state index in [9.17, 15) is 0 Å². The fourth-order valence-corrected chi connectivity index (χ4v) is 1.93. The highest BCUT2D eigenvalue weighted by atomic mass is 15.1. The molecule has 1 fully saturated rings. The smallest absolute Gasteiger partial charge is 0.0940 e. The van der Waals surface area contributed by atoms with Gasteiger partial charge in [-0.15, -0.1) is 0 Å². The number of nitrogens with zero attached hydrogens (tertiary/aromatic N) is 2. The first kappa shape index (κ1) is 11.5. The van der Waals surface area contributed by atoms with Gasteiger partial charge >= 0.3 is 0 Å². The second kappa shape index (κ2) is 6.00. The van der Waals surface area contributed by atoms with E-state index in [0.29, 0.717) is 0 Å². The Bertz CT molecular complexity index is 197. The van der Waals surface area contributed by atoms with E-state index in [2.05, 4.69) is 17.9 Å². The van der Waals surface area contributed by atoms with E-state index in [1.165, 1.54) is 32.4 Å². The lowest BCUT2D eigenvalue weighted by molar-refractivity contribution is 0.275. The van der Waals surface area contributed by atoms with E-state index >= 15 is 0 Å². The van der Waals surface area contributed by atoms with Gasteiger partial charge in [0.05, 0.1) is 12.1 Å². The van der Waals surface area contributed by atoms with Crippen LogP contribution in [0.15, 0.2) is 0 Å². The first-order chi connectivity index (χ1) is 6.72. The van der Waals surface area contributed by atoms with Gasteiger partial charge in [0.25, 0.3) is 0 Å². The van der Waals surface area contributed by atoms with Gasteiger partial charge in [-0.3, -0.25) is 0 Å². The Hall–Kier alpha value is -0.590. The Morgan fingerprint density at radius 1 is 1.50 bits per heavy atom. The molecule has 2 N–H and O–H groups in total. The van der Waals surface area contributed by atoms with Crippen molar-refractivity contribution in [2.75, 3.05) is 19.6 Å². The molecule has 0 aromatic heterocycles. The van der Waals surface area contributed by atoms with Crippen molar-refractivity contribution < 1.29 is 0 Å². The zero-order valence-corrected chi connectivity index (χ0v) is 9.08. The third-order valence-corrected chi connectivity index (χ3v) is 3.03. The van der Waals surface area contributed by atoms with Crippen LogP contribution in [0, 0.1) is 17.2 Å².